The Morgan fingerprint density at radius 3 is 2.71 bits per heavy atom. The van der Waals surface area contributed by atoms with Gasteiger partial charge in [0.15, 0.2) is 0 Å². The van der Waals surface area contributed by atoms with Gasteiger partial charge in [0, 0.05) is 29.6 Å². The second kappa shape index (κ2) is 9.49. The van der Waals surface area contributed by atoms with Crippen LogP contribution in [0.2, 0.25) is 5.02 Å². The lowest BCUT2D eigenvalue weighted by atomic mass is 10.1. The van der Waals surface area contributed by atoms with Crippen LogP contribution in [0, 0.1) is 6.92 Å². The second-order valence-electron chi connectivity index (χ2n) is 8.73. The van der Waals surface area contributed by atoms with Crippen LogP contribution in [-0.4, -0.2) is 39.8 Å². The van der Waals surface area contributed by atoms with Crippen molar-refractivity contribution in [3.8, 4) is 5.75 Å². The summed E-state index contributed by atoms with van der Waals surface area (Å²) < 4.78 is 7.78. The molecule has 1 N–H and O–H groups in total. The first kappa shape index (κ1) is 22.4. The summed E-state index contributed by atoms with van der Waals surface area (Å²) in [6, 6.07) is 22.9. The van der Waals surface area contributed by atoms with Crippen LogP contribution < -0.4 is 9.64 Å². The summed E-state index contributed by atoms with van der Waals surface area (Å²) in [5, 5.41) is 11.4. The Bertz CT molecular complexity index is 1320. The summed E-state index contributed by atoms with van der Waals surface area (Å²) in [7, 11) is 0. The summed E-state index contributed by atoms with van der Waals surface area (Å²) in [5.74, 6) is 1.48. The number of aliphatic hydroxyl groups is 1. The predicted molar refractivity (Wildman–Crippen MR) is 134 cm³/mol. The van der Waals surface area contributed by atoms with E-state index >= 15 is 0 Å². The minimum absolute atomic E-state index is 0.0650. The number of aliphatic hydroxyl groups excluding tert-OH is 1. The van der Waals surface area contributed by atoms with Gasteiger partial charge < -0.3 is 19.3 Å². The smallest absolute Gasteiger partial charge is 0.227 e. The van der Waals surface area contributed by atoms with Crippen molar-refractivity contribution in [1.29, 1.82) is 0 Å². The Labute approximate surface area is 203 Å². The Hall–Kier alpha value is -3.35. The number of imidazole rings is 1. The molecule has 0 unspecified atom stereocenters. The molecule has 34 heavy (non-hydrogen) atoms. The molecule has 6 nitrogen and oxygen atoms in total. The number of hydrogen-bond donors (Lipinski definition) is 1. The fraction of sp³-hybridized carbons (Fsp3) is 0.259. The molecule has 0 radical (unpaired) electrons. The van der Waals surface area contributed by atoms with E-state index in [4.69, 9.17) is 21.3 Å². The molecule has 2 atom stereocenters. The van der Waals surface area contributed by atoms with Crippen LogP contribution in [0.15, 0.2) is 72.8 Å². The molecule has 7 heteroatoms. The van der Waals surface area contributed by atoms with E-state index < -0.39 is 6.10 Å². The average molecular weight is 476 g/mol. The zero-order valence-corrected chi connectivity index (χ0v) is 19.7. The van der Waals surface area contributed by atoms with Crippen LogP contribution >= 0.6 is 11.6 Å². The maximum Gasteiger partial charge on any atom is 0.227 e. The highest BCUT2D eigenvalue weighted by molar-refractivity contribution is 6.30. The molecule has 0 spiro atoms. The van der Waals surface area contributed by atoms with Gasteiger partial charge in [-0.3, -0.25) is 4.79 Å². The molecule has 2 heterocycles. The molecule has 4 aromatic rings. The monoisotopic (exact) mass is 475 g/mol. The molecule has 3 aromatic carbocycles. The number of aryl methyl sites for hydroxylation is 1. The number of halogens is 1. The molecule has 174 valence electrons. The molecule has 1 aromatic heterocycles. The number of carbonyl (C=O) groups excluding carboxylic acids is 1. The van der Waals surface area contributed by atoms with E-state index in [1.54, 1.807) is 24.3 Å². The number of nitrogens with zero attached hydrogens (tertiary/aromatic N) is 3. The maximum atomic E-state index is 12.9. The third-order valence-corrected chi connectivity index (χ3v) is 6.39. The Morgan fingerprint density at radius 2 is 1.91 bits per heavy atom. The Kier molecular flexibility index (Phi) is 6.26. The lowest BCUT2D eigenvalue weighted by Crippen LogP contribution is -2.26. The van der Waals surface area contributed by atoms with Crippen LogP contribution in [0.25, 0.3) is 11.0 Å². The highest BCUT2D eigenvalue weighted by atomic mass is 35.5. The van der Waals surface area contributed by atoms with E-state index in [0.29, 0.717) is 30.3 Å². The quantitative estimate of drug-likeness (QED) is 0.410. The fourth-order valence-corrected chi connectivity index (χ4v) is 4.64. The number of rotatable bonds is 7. The molecule has 1 aliphatic heterocycles. The van der Waals surface area contributed by atoms with Crippen molar-refractivity contribution in [3.05, 3.63) is 89.2 Å². The van der Waals surface area contributed by atoms with Crippen molar-refractivity contribution in [2.75, 3.05) is 18.1 Å². The predicted octanol–water partition coefficient (Wildman–Crippen LogP) is 4.96. The van der Waals surface area contributed by atoms with Gasteiger partial charge in [0.25, 0.3) is 0 Å². The number of fused-ring (bicyclic) bond motifs is 1. The summed E-state index contributed by atoms with van der Waals surface area (Å²) in [5.41, 5.74) is 3.81. The fourth-order valence-electron chi connectivity index (χ4n) is 4.51. The zero-order valence-electron chi connectivity index (χ0n) is 18.9. The standard InChI is InChI=1S/C27H26ClN3O3/c1-18-5-4-6-21(13-18)30-15-19(14-26(30)33)27-29-24-7-2-3-8-25(24)31(27)16-22(32)17-34-23-11-9-20(28)10-12-23/h2-13,19,22,32H,14-17H2,1H3/t19-,22-/m1/s1. The molecule has 1 fully saturated rings. The van der Waals surface area contributed by atoms with Crippen molar-refractivity contribution in [2.24, 2.45) is 0 Å². The largest absolute Gasteiger partial charge is 0.491 e. The van der Waals surface area contributed by atoms with Crippen molar-refractivity contribution in [2.45, 2.75) is 31.9 Å². The van der Waals surface area contributed by atoms with Gasteiger partial charge in [0.1, 0.15) is 24.3 Å². The molecule has 0 saturated carbocycles. The number of aromatic nitrogens is 2. The van der Waals surface area contributed by atoms with Gasteiger partial charge in [-0.05, 0) is 61.0 Å². The molecular weight excluding hydrogens is 450 g/mol. The molecule has 1 aliphatic rings. The maximum absolute atomic E-state index is 12.9. The van der Waals surface area contributed by atoms with Gasteiger partial charge in [-0.1, -0.05) is 35.9 Å². The lowest BCUT2D eigenvalue weighted by Gasteiger charge is -2.19. The summed E-state index contributed by atoms with van der Waals surface area (Å²) in [6.07, 6.45) is -0.369. The Balaban J connectivity index is 1.38. The molecule has 0 aliphatic carbocycles. The molecule has 0 bridgehead atoms. The molecule has 1 amide bonds. The van der Waals surface area contributed by atoms with E-state index in [1.807, 2.05) is 64.9 Å². The van der Waals surface area contributed by atoms with E-state index in [2.05, 4.69) is 0 Å². The molecule has 1 saturated heterocycles. The van der Waals surface area contributed by atoms with Crippen molar-refractivity contribution in [1.82, 2.24) is 9.55 Å². The number of anilines is 1. The van der Waals surface area contributed by atoms with Gasteiger partial charge >= 0.3 is 0 Å². The zero-order chi connectivity index (χ0) is 23.7. The third-order valence-electron chi connectivity index (χ3n) is 6.14. The van der Waals surface area contributed by atoms with Gasteiger partial charge in [0.05, 0.1) is 17.6 Å². The first-order chi connectivity index (χ1) is 16.5. The Morgan fingerprint density at radius 1 is 1.12 bits per heavy atom. The lowest BCUT2D eigenvalue weighted by molar-refractivity contribution is -0.117. The number of carbonyl (C=O) groups is 1. The van der Waals surface area contributed by atoms with Crippen LogP contribution in [0.3, 0.4) is 0 Å². The minimum Gasteiger partial charge on any atom is -0.491 e. The van der Waals surface area contributed by atoms with Crippen LogP contribution in [0.1, 0.15) is 23.7 Å². The average Bonchev–Trinajstić information content (AvgIpc) is 3.39. The van der Waals surface area contributed by atoms with Crippen molar-refractivity contribution < 1.29 is 14.6 Å². The summed E-state index contributed by atoms with van der Waals surface area (Å²) in [4.78, 5) is 19.6. The highest BCUT2D eigenvalue weighted by Crippen LogP contribution is 2.33. The van der Waals surface area contributed by atoms with E-state index in [1.165, 1.54) is 0 Å². The first-order valence-corrected chi connectivity index (χ1v) is 11.7. The van der Waals surface area contributed by atoms with Crippen LogP contribution in [0.4, 0.5) is 5.69 Å². The minimum atomic E-state index is -0.753. The van der Waals surface area contributed by atoms with Gasteiger partial charge in [-0.25, -0.2) is 4.98 Å². The normalized spacial score (nSPS) is 16.9. The van der Waals surface area contributed by atoms with Gasteiger partial charge in [-0.15, -0.1) is 0 Å². The van der Waals surface area contributed by atoms with E-state index in [9.17, 15) is 9.90 Å². The van der Waals surface area contributed by atoms with Crippen LogP contribution in [0.5, 0.6) is 5.75 Å². The van der Waals surface area contributed by atoms with E-state index in [0.717, 1.165) is 28.1 Å². The van der Waals surface area contributed by atoms with Gasteiger partial charge in [-0.2, -0.15) is 0 Å². The molecule has 5 rings (SSSR count). The number of amides is 1. The van der Waals surface area contributed by atoms with E-state index in [-0.39, 0.29) is 18.4 Å². The highest BCUT2D eigenvalue weighted by Gasteiger charge is 2.35. The van der Waals surface area contributed by atoms with Gasteiger partial charge in [0.2, 0.25) is 5.91 Å². The topological polar surface area (TPSA) is 67.6 Å². The number of ether oxygens (including phenoxy) is 1. The molecular formula is C27H26ClN3O3. The van der Waals surface area contributed by atoms with Crippen molar-refractivity contribution >= 4 is 34.2 Å². The SMILES string of the molecule is Cc1cccc(N2C[C@H](c3nc4ccccc4n3C[C@@H](O)COc3ccc(Cl)cc3)CC2=O)c1. The summed E-state index contributed by atoms with van der Waals surface area (Å²) in [6.45, 7) is 3.03. The number of hydrogen-bond acceptors (Lipinski definition) is 4. The van der Waals surface area contributed by atoms with Crippen molar-refractivity contribution in [3.63, 3.8) is 0 Å². The van der Waals surface area contributed by atoms with Crippen LogP contribution in [-0.2, 0) is 11.3 Å². The first-order valence-electron chi connectivity index (χ1n) is 11.4. The number of para-hydroxylation sites is 2. The summed E-state index contributed by atoms with van der Waals surface area (Å²) >= 11 is 5.93. The second-order valence-corrected chi connectivity index (χ2v) is 9.17. The number of benzene rings is 3. The third kappa shape index (κ3) is 4.65.